The zero-order chi connectivity index (χ0) is 15.4. The molecule has 110 valence electrons. The number of carbonyl (C=O) groups excluding carboxylic acids is 1. The van der Waals surface area contributed by atoms with E-state index in [4.69, 9.17) is 5.11 Å². The molecule has 1 aromatic carbocycles. The van der Waals surface area contributed by atoms with E-state index in [1.54, 1.807) is 18.2 Å². The van der Waals surface area contributed by atoms with Gasteiger partial charge >= 0.3 is 5.97 Å². The molecule has 5 nitrogen and oxygen atoms in total. The first kappa shape index (κ1) is 15.2. The van der Waals surface area contributed by atoms with Gasteiger partial charge < -0.3 is 15.3 Å². The van der Waals surface area contributed by atoms with Crippen LogP contribution in [0.4, 0.5) is 5.00 Å². The Labute approximate surface area is 126 Å². The van der Waals surface area contributed by atoms with E-state index in [-0.39, 0.29) is 10.8 Å². The fourth-order valence-corrected chi connectivity index (χ4v) is 2.57. The lowest BCUT2D eigenvalue weighted by molar-refractivity contribution is 0.0702. The average molecular weight is 304 g/mol. The summed E-state index contributed by atoms with van der Waals surface area (Å²) < 4.78 is 0. The standard InChI is InChI=1S/C15H16N2O3S/c1-17(2)9-10-3-5-11(6-4-10)14(18)16-13-8-7-12(21-13)15(19)20/h3-8H,9H2,1-2H3,(H,16,18)(H,19,20). The van der Waals surface area contributed by atoms with Gasteiger partial charge in [-0.25, -0.2) is 4.79 Å². The predicted molar refractivity (Wildman–Crippen MR) is 83.1 cm³/mol. The van der Waals surface area contributed by atoms with Crippen molar-refractivity contribution in [3.05, 3.63) is 52.4 Å². The molecule has 0 aliphatic carbocycles. The van der Waals surface area contributed by atoms with E-state index in [2.05, 4.69) is 5.32 Å². The van der Waals surface area contributed by atoms with E-state index >= 15 is 0 Å². The summed E-state index contributed by atoms with van der Waals surface area (Å²) in [6.45, 7) is 0.814. The number of nitrogens with zero attached hydrogens (tertiary/aromatic N) is 1. The lowest BCUT2D eigenvalue weighted by atomic mass is 10.1. The Bertz CT molecular complexity index is 647. The summed E-state index contributed by atoms with van der Waals surface area (Å²) in [6.07, 6.45) is 0. The number of hydrogen-bond acceptors (Lipinski definition) is 4. The molecule has 0 aliphatic rings. The number of carbonyl (C=O) groups is 2. The van der Waals surface area contributed by atoms with E-state index < -0.39 is 5.97 Å². The second-order valence-corrected chi connectivity index (χ2v) is 5.94. The minimum Gasteiger partial charge on any atom is -0.477 e. The van der Waals surface area contributed by atoms with Gasteiger partial charge in [0.2, 0.25) is 0 Å². The average Bonchev–Trinajstić information content (AvgIpc) is 2.87. The van der Waals surface area contributed by atoms with Gasteiger partial charge in [0.05, 0.1) is 5.00 Å². The van der Waals surface area contributed by atoms with Crippen LogP contribution in [0.3, 0.4) is 0 Å². The molecule has 0 fully saturated rings. The van der Waals surface area contributed by atoms with E-state index in [1.807, 2.05) is 31.1 Å². The van der Waals surface area contributed by atoms with Gasteiger partial charge in [0, 0.05) is 12.1 Å². The summed E-state index contributed by atoms with van der Waals surface area (Å²) >= 11 is 1.04. The van der Waals surface area contributed by atoms with Crippen molar-refractivity contribution in [1.82, 2.24) is 4.90 Å². The van der Waals surface area contributed by atoms with Crippen LogP contribution in [0, 0.1) is 0 Å². The lowest BCUT2D eigenvalue weighted by Crippen LogP contribution is -2.12. The Morgan fingerprint density at radius 3 is 2.33 bits per heavy atom. The number of rotatable bonds is 5. The van der Waals surface area contributed by atoms with Gasteiger partial charge in [-0.15, -0.1) is 11.3 Å². The molecule has 21 heavy (non-hydrogen) atoms. The molecule has 0 radical (unpaired) electrons. The topological polar surface area (TPSA) is 69.6 Å². The van der Waals surface area contributed by atoms with Crippen molar-refractivity contribution in [2.24, 2.45) is 0 Å². The molecule has 2 N–H and O–H groups in total. The van der Waals surface area contributed by atoms with Crippen molar-refractivity contribution in [2.45, 2.75) is 6.54 Å². The lowest BCUT2D eigenvalue weighted by Gasteiger charge is -2.10. The smallest absolute Gasteiger partial charge is 0.345 e. The Morgan fingerprint density at radius 2 is 1.81 bits per heavy atom. The van der Waals surface area contributed by atoms with E-state index in [0.717, 1.165) is 23.4 Å². The van der Waals surface area contributed by atoms with Gasteiger partial charge in [-0.1, -0.05) is 12.1 Å². The molecule has 1 heterocycles. The largest absolute Gasteiger partial charge is 0.477 e. The first-order valence-corrected chi connectivity index (χ1v) is 7.15. The predicted octanol–water partition coefficient (Wildman–Crippen LogP) is 2.76. The molecule has 1 amide bonds. The number of aromatic carboxylic acids is 1. The molecule has 0 atom stereocenters. The number of anilines is 1. The van der Waals surface area contributed by atoms with Crippen LogP contribution in [0.1, 0.15) is 25.6 Å². The third-order valence-corrected chi connectivity index (χ3v) is 3.76. The SMILES string of the molecule is CN(C)Cc1ccc(C(=O)Nc2ccc(C(=O)O)s2)cc1. The quantitative estimate of drug-likeness (QED) is 0.891. The molecular formula is C15H16N2O3S. The van der Waals surface area contributed by atoms with Gasteiger partial charge in [0.25, 0.3) is 5.91 Å². The van der Waals surface area contributed by atoms with Crippen LogP contribution in [0.5, 0.6) is 0 Å². The number of thiophene rings is 1. The molecule has 6 heteroatoms. The highest BCUT2D eigenvalue weighted by atomic mass is 32.1. The third kappa shape index (κ3) is 4.14. The highest BCUT2D eigenvalue weighted by Crippen LogP contribution is 2.22. The minimum absolute atomic E-state index is 0.201. The Balaban J connectivity index is 2.04. The second kappa shape index (κ2) is 6.51. The van der Waals surface area contributed by atoms with Gasteiger partial charge in [0.15, 0.2) is 0 Å². The summed E-state index contributed by atoms with van der Waals surface area (Å²) in [6, 6.07) is 10.4. The number of hydrogen-bond donors (Lipinski definition) is 2. The highest BCUT2D eigenvalue weighted by Gasteiger charge is 2.10. The summed E-state index contributed by atoms with van der Waals surface area (Å²) in [5.41, 5.74) is 1.67. The number of nitrogens with one attached hydrogen (secondary N) is 1. The summed E-state index contributed by atoms with van der Waals surface area (Å²) in [4.78, 5) is 25.1. The molecule has 0 aliphatic heterocycles. The van der Waals surface area contributed by atoms with Crippen molar-refractivity contribution in [3.63, 3.8) is 0 Å². The molecule has 0 bridgehead atoms. The van der Waals surface area contributed by atoms with Crippen molar-refractivity contribution in [1.29, 1.82) is 0 Å². The molecule has 0 unspecified atom stereocenters. The van der Waals surface area contributed by atoms with Crippen molar-refractivity contribution in [3.8, 4) is 0 Å². The number of carboxylic acid groups (broad SMARTS) is 1. The Kier molecular flexibility index (Phi) is 4.72. The number of amides is 1. The Morgan fingerprint density at radius 1 is 1.14 bits per heavy atom. The van der Waals surface area contributed by atoms with Crippen LogP contribution in [0.25, 0.3) is 0 Å². The summed E-state index contributed by atoms with van der Waals surface area (Å²) in [5, 5.41) is 12.1. The fraction of sp³-hybridized carbons (Fsp3) is 0.200. The van der Waals surface area contributed by atoms with Crippen molar-refractivity contribution < 1.29 is 14.7 Å². The zero-order valence-electron chi connectivity index (χ0n) is 11.8. The molecule has 1 aromatic heterocycles. The summed E-state index contributed by atoms with van der Waals surface area (Å²) in [7, 11) is 3.97. The summed E-state index contributed by atoms with van der Waals surface area (Å²) in [5.74, 6) is -1.24. The van der Waals surface area contributed by atoms with Gasteiger partial charge in [-0.3, -0.25) is 4.79 Å². The van der Waals surface area contributed by atoms with Crippen molar-refractivity contribution in [2.75, 3.05) is 19.4 Å². The van der Waals surface area contributed by atoms with Crippen LogP contribution in [-0.2, 0) is 6.54 Å². The maximum atomic E-state index is 12.1. The van der Waals surface area contributed by atoms with Crippen molar-refractivity contribution >= 4 is 28.2 Å². The molecule has 0 saturated heterocycles. The van der Waals surface area contributed by atoms with E-state index in [9.17, 15) is 9.59 Å². The third-order valence-electron chi connectivity index (χ3n) is 2.77. The van der Waals surface area contributed by atoms with Crippen LogP contribution in [-0.4, -0.2) is 36.0 Å². The second-order valence-electron chi connectivity index (χ2n) is 4.86. The monoisotopic (exact) mass is 304 g/mol. The Hall–Kier alpha value is -2.18. The van der Waals surface area contributed by atoms with Gasteiger partial charge in [-0.05, 0) is 43.9 Å². The highest BCUT2D eigenvalue weighted by molar-refractivity contribution is 7.18. The number of carboxylic acids is 1. The van der Waals surface area contributed by atoms with Gasteiger partial charge in [-0.2, -0.15) is 0 Å². The van der Waals surface area contributed by atoms with Crippen LogP contribution >= 0.6 is 11.3 Å². The maximum absolute atomic E-state index is 12.1. The molecule has 2 aromatic rings. The van der Waals surface area contributed by atoms with Crippen LogP contribution < -0.4 is 5.32 Å². The molecule has 0 saturated carbocycles. The molecule has 2 rings (SSSR count). The maximum Gasteiger partial charge on any atom is 0.345 e. The molecular weight excluding hydrogens is 288 g/mol. The van der Waals surface area contributed by atoms with E-state index in [0.29, 0.717) is 10.6 Å². The first-order chi connectivity index (χ1) is 9.95. The normalized spacial score (nSPS) is 10.6. The van der Waals surface area contributed by atoms with Crippen LogP contribution in [0.2, 0.25) is 0 Å². The zero-order valence-corrected chi connectivity index (χ0v) is 12.6. The fourth-order valence-electron chi connectivity index (χ4n) is 1.83. The first-order valence-electron chi connectivity index (χ1n) is 6.34. The minimum atomic E-state index is -0.992. The van der Waals surface area contributed by atoms with E-state index in [1.165, 1.54) is 6.07 Å². The van der Waals surface area contributed by atoms with Crippen LogP contribution in [0.15, 0.2) is 36.4 Å². The van der Waals surface area contributed by atoms with Gasteiger partial charge in [0.1, 0.15) is 4.88 Å². The number of benzene rings is 1. The molecule has 0 spiro atoms.